The fraction of sp³-hybridized carbons (Fsp3) is 0.143. The first-order valence-corrected chi connectivity index (χ1v) is 3.24. The highest BCUT2D eigenvalue weighted by atomic mass is 19.4. The van der Waals surface area contributed by atoms with Crippen molar-refractivity contribution in [3.63, 3.8) is 0 Å². The summed E-state index contributed by atoms with van der Waals surface area (Å²) < 4.78 is 49.0. The lowest BCUT2D eigenvalue weighted by Gasteiger charge is -2.11. The molecule has 0 aliphatic rings. The lowest BCUT2D eigenvalue weighted by atomic mass is 9.89. The minimum absolute atomic E-state index is 0.136. The van der Waals surface area contributed by atoms with Gasteiger partial charge in [0, 0.05) is 5.69 Å². The molecule has 0 amide bonds. The Labute approximate surface area is 73.0 Å². The molecule has 0 atom stereocenters. The number of halogens is 4. The van der Waals surface area contributed by atoms with E-state index < -0.39 is 23.0 Å². The zero-order chi connectivity index (χ0) is 10.2. The first-order chi connectivity index (χ1) is 5.82. The molecular formula is C7H4BF4N. The van der Waals surface area contributed by atoms with Crippen LogP contribution in [0.2, 0.25) is 0 Å². The predicted octanol–water partition coefficient (Wildman–Crippen LogP) is 1.22. The summed E-state index contributed by atoms with van der Waals surface area (Å²) in [6.45, 7) is 0. The molecule has 68 valence electrons. The van der Waals surface area contributed by atoms with Gasteiger partial charge in [-0.1, -0.05) is 5.46 Å². The highest BCUT2D eigenvalue weighted by molar-refractivity contribution is 6.33. The van der Waals surface area contributed by atoms with E-state index in [0.29, 0.717) is 6.07 Å². The molecule has 13 heavy (non-hydrogen) atoms. The normalized spacial score (nSPS) is 11.7. The summed E-state index contributed by atoms with van der Waals surface area (Å²) >= 11 is 0. The van der Waals surface area contributed by atoms with E-state index in [4.69, 9.17) is 13.6 Å². The molecule has 0 aliphatic heterocycles. The van der Waals surface area contributed by atoms with Crippen molar-refractivity contribution >= 4 is 19.0 Å². The van der Waals surface area contributed by atoms with Crippen LogP contribution in [0, 0.1) is 5.82 Å². The summed E-state index contributed by atoms with van der Waals surface area (Å²) in [5.74, 6) is -1.45. The monoisotopic (exact) mass is 189 g/mol. The number of alkyl halides is 3. The number of hydrogen-bond acceptors (Lipinski definition) is 1. The van der Waals surface area contributed by atoms with Crippen LogP contribution in [-0.2, 0) is 6.18 Å². The minimum Gasteiger partial charge on any atom is -0.399 e. The predicted molar refractivity (Wildman–Crippen MR) is 41.2 cm³/mol. The molecule has 1 aromatic rings. The third-order valence-electron chi connectivity index (χ3n) is 1.43. The summed E-state index contributed by atoms with van der Waals surface area (Å²) in [4.78, 5) is 0. The fourth-order valence-electron chi connectivity index (χ4n) is 0.949. The Morgan fingerprint density at radius 2 is 1.77 bits per heavy atom. The second-order valence-electron chi connectivity index (χ2n) is 2.46. The summed E-state index contributed by atoms with van der Waals surface area (Å²) in [6.07, 6.45) is -4.79. The number of nitrogens with two attached hydrogens (primary N) is 1. The van der Waals surface area contributed by atoms with Crippen molar-refractivity contribution in [2.24, 2.45) is 0 Å². The van der Waals surface area contributed by atoms with Crippen molar-refractivity contribution < 1.29 is 17.6 Å². The van der Waals surface area contributed by atoms with Gasteiger partial charge in [-0.2, -0.15) is 13.2 Å². The van der Waals surface area contributed by atoms with Crippen LogP contribution in [0.4, 0.5) is 23.2 Å². The smallest absolute Gasteiger partial charge is 0.399 e. The first-order valence-electron chi connectivity index (χ1n) is 3.24. The molecule has 2 radical (unpaired) electrons. The average molecular weight is 189 g/mol. The molecule has 0 aromatic heterocycles. The fourth-order valence-corrected chi connectivity index (χ4v) is 0.949. The van der Waals surface area contributed by atoms with Crippen molar-refractivity contribution in [2.75, 3.05) is 5.73 Å². The lowest BCUT2D eigenvalue weighted by Crippen LogP contribution is -2.22. The topological polar surface area (TPSA) is 26.0 Å². The van der Waals surface area contributed by atoms with Crippen molar-refractivity contribution in [3.8, 4) is 0 Å². The van der Waals surface area contributed by atoms with Gasteiger partial charge in [0.15, 0.2) is 0 Å². The van der Waals surface area contributed by atoms with Gasteiger partial charge in [-0.25, -0.2) is 4.39 Å². The maximum absolute atomic E-state index is 12.7. The molecule has 0 saturated carbocycles. The van der Waals surface area contributed by atoms with Crippen LogP contribution < -0.4 is 11.2 Å². The third-order valence-corrected chi connectivity index (χ3v) is 1.43. The quantitative estimate of drug-likeness (QED) is 0.370. The van der Waals surface area contributed by atoms with Crippen LogP contribution >= 0.6 is 0 Å². The number of benzene rings is 1. The van der Waals surface area contributed by atoms with Gasteiger partial charge in [-0.15, -0.1) is 0 Å². The molecule has 1 nitrogen and oxygen atoms in total. The van der Waals surface area contributed by atoms with Crippen LogP contribution in [0.3, 0.4) is 0 Å². The maximum atomic E-state index is 12.7. The molecule has 0 fully saturated rings. The van der Waals surface area contributed by atoms with Crippen LogP contribution in [0.25, 0.3) is 0 Å². The second-order valence-corrected chi connectivity index (χ2v) is 2.46. The van der Waals surface area contributed by atoms with E-state index in [1.54, 1.807) is 0 Å². The highest BCUT2D eigenvalue weighted by Crippen LogP contribution is 2.30. The molecule has 0 saturated heterocycles. The van der Waals surface area contributed by atoms with Crippen molar-refractivity contribution in [3.05, 3.63) is 23.5 Å². The Balaban J connectivity index is 3.38. The number of hydrogen-bond donors (Lipinski definition) is 1. The number of anilines is 1. The van der Waals surface area contributed by atoms with Crippen molar-refractivity contribution in [2.45, 2.75) is 6.18 Å². The van der Waals surface area contributed by atoms with E-state index in [1.807, 2.05) is 0 Å². The summed E-state index contributed by atoms with van der Waals surface area (Å²) in [6, 6.07) is 1.45. The highest BCUT2D eigenvalue weighted by Gasteiger charge is 2.35. The van der Waals surface area contributed by atoms with Gasteiger partial charge >= 0.3 is 6.18 Å². The molecule has 0 heterocycles. The molecule has 0 spiro atoms. The van der Waals surface area contributed by atoms with E-state index in [2.05, 4.69) is 0 Å². The molecule has 1 rings (SSSR count). The standard InChI is InChI=1S/C7H4BF4N/c8-4-1-3(13)2-5(9)6(4)7(10,11)12/h1-2H,13H2. The van der Waals surface area contributed by atoms with Crippen LogP contribution in [0.15, 0.2) is 12.1 Å². The molecule has 0 aliphatic carbocycles. The Bertz CT molecular complexity index is 311. The molecule has 0 bridgehead atoms. The maximum Gasteiger partial charge on any atom is 0.418 e. The Kier molecular flexibility index (Phi) is 2.23. The van der Waals surface area contributed by atoms with Crippen LogP contribution in [0.5, 0.6) is 0 Å². The van der Waals surface area contributed by atoms with Gasteiger partial charge in [-0.05, 0) is 12.1 Å². The zero-order valence-electron chi connectivity index (χ0n) is 6.32. The second kappa shape index (κ2) is 2.94. The van der Waals surface area contributed by atoms with E-state index >= 15 is 0 Å². The lowest BCUT2D eigenvalue weighted by molar-refractivity contribution is -0.139. The molecule has 6 heteroatoms. The number of rotatable bonds is 0. The summed E-state index contributed by atoms with van der Waals surface area (Å²) in [7, 11) is 4.97. The van der Waals surface area contributed by atoms with Crippen molar-refractivity contribution in [1.29, 1.82) is 0 Å². The van der Waals surface area contributed by atoms with E-state index in [1.165, 1.54) is 0 Å². The molecular weight excluding hydrogens is 185 g/mol. The third kappa shape index (κ3) is 1.94. The summed E-state index contributed by atoms with van der Waals surface area (Å²) in [5, 5.41) is 0. The summed E-state index contributed by atoms with van der Waals surface area (Å²) in [5.41, 5.74) is 2.77. The largest absolute Gasteiger partial charge is 0.418 e. The van der Waals surface area contributed by atoms with Crippen LogP contribution in [0.1, 0.15) is 5.56 Å². The van der Waals surface area contributed by atoms with Crippen molar-refractivity contribution in [1.82, 2.24) is 0 Å². The van der Waals surface area contributed by atoms with Gasteiger partial charge in [0.05, 0.1) is 5.56 Å². The van der Waals surface area contributed by atoms with Gasteiger partial charge in [0.2, 0.25) is 0 Å². The Hall–Kier alpha value is -1.20. The van der Waals surface area contributed by atoms with Gasteiger partial charge < -0.3 is 5.73 Å². The van der Waals surface area contributed by atoms with Crippen LogP contribution in [-0.4, -0.2) is 7.85 Å². The Morgan fingerprint density at radius 1 is 1.23 bits per heavy atom. The number of nitrogen functional groups attached to an aromatic ring is 1. The van der Waals surface area contributed by atoms with Gasteiger partial charge in [0.25, 0.3) is 0 Å². The van der Waals surface area contributed by atoms with E-state index in [-0.39, 0.29) is 5.69 Å². The average Bonchev–Trinajstić information content (AvgIpc) is 1.78. The minimum atomic E-state index is -4.79. The molecule has 2 N–H and O–H groups in total. The first kappa shape index (κ1) is 9.89. The molecule has 1 aromatic carbocycles. The SMILES string of the molecule is [B]c1cc(N)cc(F)c1C(F)(F)F. The van der Waals surface area contributed by atoms with E-state index in [0.717, 1.165) is 6.07 Å². The van der Waals surface area contributed by atoms with E-state index in [9.17, 15) is 17.6 Å². The Morgan fingerprint density at radius 3 is 2.15 bits per heavy atom. The zero-order valence-corrected chi connectivity index (χ0v) is 6.32. The van der Waals surface area contributed by atoms with Gasteiger partial charge in [0.1, 0.15) is 13.7 Å². The molecule has 0 unspecified atom stereocenters. The van der Waals surface area contributed by atoms with Gasteiger partial charge in [-0.3, -0.25) is 0 Å².